The number of nitrogens with one attached hydrogen (secondary N) is 1. The van der Waals surface area contributed by atoms with Crippen molar-refractivity contribution in [1.82, 2.24) is 0 Å². The van der Waals surface area contributed by atoms with Crippen molar-refractivity contribution in [1.29, 1.82) is 0 Å². The number of hydrogen-bond acceptors (Lipinski definition) is 7. The van der Waals surface area contributed by atoms with Crippen LogP contribution in [0, 0.1) is 0 Å². The third kappa shape index (κ3) is 9.32. The van der Waals surface area contributed by atoms with E-state index < -0.39 is 27.9 Å². The third-order valence-corrected chi connectivity index (χ3v) is 2.85. The second kappa shape index (κ2) is 10.1. The van der Waals surface area contributed by atoms with Crippen LogP contribution >= 0.6 is 0 Å². The number of carbonyl (C=O) groups excluding carboxylic acids is 1. The summed E-state index contributed by atoms with van der Waals surface area (Å²) in [7, 11) is -4.47. The number of rotatable bonds is 6. The van der Waals surface area contributed by atoms with Crippen LogP contribution in [0.5, 0.6) is 0 Å². The van der Waals surface area contributed by atoms with Crippen LogP contribution in [-0.4, -0.2) is 42.4 Å². The van der Waals surface area contributed by atoms with Gasteiger partial charge in [0.15, 0.2) is 0 Å². The predicted molar refractivity (Wildman–Crippen MR) is 59.8 cm³/mol. The molecule has 1 aromatic carbocycles. The van der Waals surface area contributed by atoms with E-state index in [-0.39, 0.29) is 71.2 Å². The Morgan fingerprint density at radius 2 is 1.75 bits per heavy atom. The molecule has 0 aliphatic rings. The summed E-state index contributed by atoms with van der Waals surface area (Å²) in [6.45, 7) is -0.133. The van der Waals surface area contributed by atoms with Crippen molar-refractivity contribution in [3.05, 3.63) is 29.8 Å². The average Bonchev–Trinajstić information content (AvgIpc) is 2.24. The van der Waals surface area contributed by atoms with Gasteiger partial charge < -0.3 is 24.9 Å². The van der Waals surface area contributed by atoms with E-state index in [0.717, 1.165) is 0 Å². The van der Waals surface area contributed by atoms with E-state index in [0.29, 0.717) is 5.69 Å². The molecular formula is C10H11NNa2O6S. The van der Waals surface area contributed by atoms with Gasteiger partial charge in [-0.2, -0.15) is 0 Å². The summed E-state index contributed by atoms with van der Waals surface area (Å²) < 4.78 is 31.1. The van der Waals surface area contributed by atoms with E-state index in [1.165, 1.54) is 24.3 Å². The molecule has 10 heteroatoms. The molecule has 0 fully saturated rings. The number of anilines is 1. The molecule has 0 saturated carbocycles. The SMILES string of the molecule is O=C([O-])c1ccc(NCC(O)CS(=O)(=O)[O-])cc1.[Na+].[Na+]. The normalized spacial score (nSPS) is 11.7. The first-order valence-corrected chi connectivity index (χ1v) is 6.52. The van der Waals surface area contributed by atoms with E-state index in [1.807, 2.05) is 0 Å². The van der Waals surface area contributed by atoms with E-state index in [4.69, 9.17) is 0 Å². The number of aliphatic hydroxyl groups excluding tert-OH is 1. The summed E-state index contributed by atoms with van der Waals surface area (Å²) in [6, 6.07) is 5.47. The van der Waals surface area contributed by atoms with E-state index >= 15 is 0 Å². The molecule has 0 heterocycles. The summed E-state index contributed by atoms with van der Waals surface area (Å²) in [5, 5.41) is 22.4. The molecule has 1 atom stereocenters. The maximum Gasteiger partial charge on any atom is 1.00 e. The van der Waals surface area contributed by atoms with Crippen LogP contribution in [0.3, 0.4) is 0 Å². The van der Waals surface area contributed by atoms with Crippen LogP contribution in [0.15, 0.2) is 24.3 Å². The fourth-order valence-electron chi connectivity index (χ4n) is 1.25. The predicted octanol–water partition coefficient (Wildman–Crippen LogP) is -7.62. The first-order chi connectivity index (χ1) is 8.28. The van der Waals surface area contributed by atoms with Crippen molar-refractivity contribution < 1.29 is 87.1 Å². The molecule has 7 nitrogen and oxygen atoms in total. The largest absolute Gasteiger partial charge is 1.00 e. The van der Waals surface area contributed by atoms with Crippen LogP contribution in [-0.2, 0) is 10.1 Å². The average molecular weight is 319 g/mol. The third-order valence-electron chi connectivity index (χ3n) is 2.06. The quantitative estimate of drug-likeness (QED) is 0.393. The standard InChI is InChI=1S/C10H13NO6S.2Na/c12-9(6-18(15,16)17)5-11-8-3-1-7(2-4-8)10(13)14;;/h1-4,9,11-12H,5-6H2,(H,13,14)(H,15,16,17);;/q;2*+1/p-2. The summed E-state index contributed by atoms with van der Waals surface area (Å²) >= 11 is 0. The Morgan fingerprint density at radius 1 is 1.25 bits per heavy atom. The minimum atomic E-state index is -4.47. The van der Waals surface area contributed by atoms with Gasteiger partial charge in [-0.05, 0) is 17.7 Å². The molecule has 1 unspecified atom stereocenters. The maximum absolute atomic E-state index is 10.5. The van der Waals surface area contributed by atoms with E-state index in [1.54, 1.807) is 0 Å². The Kier molecular flexibility index (Phi) is 11.5. The van der Waals surface area contributed by atoms with Gasteiger partial charge in [-0.1, -0.05) is 12.1 Å². The molecule has 0 saturated heterocycles. The van der Waals surface area contributed by atoms with Gasteiger partial charge in [0.05, 0.1) is 27.9 Å². The molecule has 0 radical (unpaired) electrons. The molecule has 2 N–H and O–H groups in total. The molecule has 0 aliphatic carbocycles. The number of carbonyl (C=O) groups is 1. The van der Waals surface area contributed by atoms with Crippen molar-refractivity contribution in [2.75, 3.05) is 17.6 Å². The summed E-state index contributed by atoms with van der Waals surface area (Å²) in [6.07, 6.45) is -1.33. The molecule has 20 heavy (non-hydrogen) atoms. The topological polar surface area (TPSA) is 130 Å². The molecule has 0 amide bonds. The minimum Gasteiger partial charge on any atom is -0.748 e. The van der Waals surface area contributed by atoms with Gasteiger partial charge in [-0.25, -0.2) is 8.42 Å². The molecule has 0 aromatic heterocycles. The van der Waals surface area contributed by atoms with Gasteiger partial charge in [-0.3, -0.25) is 0 Å². The van der Waals surface area contributed by atoms with Crippen molar-refractivity contribution >= 4 is 21.8 Å². The second-order valence-electron chi connectivity index (χ2n) is 3.62. The number of hydrogen-bond donors (Lipinski definition) is 2. The Bertz CT molecular complexity index is 519. The number of carboxylic acid groups (broad SMARTS) is 1. The molecular weight excluding hydrogens is 308 g/mol. The van der Waals surface area contributed by atoms with E-state index in [9.17, 15) is 28.0 Å². The zero-order chi connectivity index (χ0) is 13.8. The van der Waals surface area contributed by atoms with Crippen LogP contribution in [0.4, 0.5) is 5.69 Å². The maximum atomic E-state index is 10.5. The van der Waals surface area contributed by atoms with Gasteiger partial charge in [0.25, 0.3) is 0 Å². The van der Waals surface area contributed by atoms with Crippen LogP contribution in [0.25, 0.3) is 0 Å². The van der Waals surface area contributed by atoms with Crippen LogP contribution < -0.4 is 69.5 Å². The zero-order valence-corrected chi connectivity index (χ0v) is 16.0. The first-order valence-electron chi connectivity index (χ1n) is 4.95. The molecule has 1 rings (SSSR count). The van der Waals surface area contributed by atoms with Gasteiger partial charge in [0.2, 0.25) is 0 Å². The fourth-order valence-corrected chi connectivity index (χ4v) is 1.84. The molecule has 1 aromatic rings. The van der Waals surface area contributed by atoms with Crippen LogP contribution in [0.1, 0.15) is 10.4 Å². The Balaban J connectivity index is 0. The van der Waals surface area contributed by atoms with Gasteiger partial charge in [0, 0.05) is 12.2 Å². The van der Waals surface area contributed by atoms with Crippen molar-refractivity contribution in [2.45, 2.75) is 6.10 Å². The van der Waals surface area contributed by atoms with Gasteiger partial charge >= 0.3 is 59.1 Å². The summed E-state index contributed by atoms with van der Waals surface area (Å²) in [5.41, 5.74) is 0.491. The smallest absolute Gasteiger partial charge is 0.748 e. The summed E-state index contributed by atoms with van der Waals surface area (Å²) in [4.78, 5) is 10.5. The second-order valence-corrected chi connectivity index (χ2v) is 5.07. The molecule has 0 aliphatic heterocycles. The number of aromatic carboxylic acids is 1. The minimum absolute atomic E-state index is 0. The Labute approximate surface area is 161 Å². The van der Waals surface area contributed by atoms with Gasteiger partial charge in [0.1, 0.15) is 0 Å². The van der Waals surface area contributed by atoms with Crippen molar-refractivity contribution in [2.24, 2.45) is 0 Å². The molecule has 0 bridgehead atoms. The Hall–Kier alpha value is 0.360. The summed E-state index contributed by atoms with van der Waals surface area (Å²) in [5.74, 6) is -2.18. The molecule has 100 valence electrons. The number of aliphatic hydroxyl groups is 1. The number of carboxylic acids is 1. The van der Waals surface area contributed by atoms with Crippen LogP contribution in [0.2, 0.25) is 0 Å². The molecule has 0 spiro atoms. The van der Waals surface area contributed by atoms with Crippen molar-refractivity contribution in [3.8, 4) is 0 Å². The number of benzene rings is 1. The zero-order valence-electron chi connectivity index (χ0n) is 11.2. The monoisotopic (exact) mass is 319 g/mol. The first kappa shape index (κ1) is 22.6. The fraction of sp³-hybridized carbons (Fsp3) is 0.300. The van der Waals surface area contributed by atoms with Gasteiger partial charge in [-0.15, -0.1) is 0 Å². The van der Waals surface area contributed by atoms with E-state index in [2.05, 4.69) is 5.32 Å². The Morgan fingerprint density at radius 3 is 2.15 bits per heavy atom. The van der Waals surface area contributed by atoms with Crippen molar-refractivity contribution in [3.63, 3.8) is 0 Å².